The van der Waals surface area contributed by atoms with E-state index in [4.69, 9.17) is 15.8 Å². The minimum Gasteiger partial charge on any atom is -0.426 e. The Morgan fingerprint density at radius 3 is 2.38 bits per heavy atom. The Bertz CT molecular complexity index is 428. The highest BCUT2D eigenvalue weighted by Gasteiger charge is 2.36. The Balaban J connectivity index is 2.20. The van der Waals surface area contributed by atoms with Crippen LogP contribution in [-0.4, -0.2) is 22.6 Å². The van der Waals surface area contributed by atoms with E-state index in [1.807, 2.05) is 42.5 Å². The molecule has 0 aliphatic heterocycles. The molecule has 0 fully saturated rings. The summed E-state index contributed by atoms with van der Waals surface area (Å²) in [5.74, 6) is 0. The minimum atomic E-state index is -1.53. The third-order valence-corrected chi connectivity index (χ3v) is 2.84. The first kappa shape index (κ1) is 11.1. The summed E-state index contributed by atoms with van der Waals surface area (Å²) in [6.45, 7) is 0. The van der Waals surface area contributed by atoms with Gasteiger partial charge in [0.2, 0.25) is 0 Å². The van der Waals surface area contributed by atoms with Crippen LogP contribution in [0, 0.1) is 0 Å². The molecule has 0 aromatic heterocycles. The van der Waals surface area contributed by atoms with Crippen LogP contribution in [-0.2, 0) is 0 Å². The van der Waals surface area contributed by atoms with Crippen molar-refractivity contribution < 1.29 is 10.0 Å². The molecule has 4 N–H and O–H groups in total. The molecule has 82 valence electrons. The van der Waals surface area contributed by atoms with Gasteiger partial charge >= 0.3 is 7.12 Å². The van der Waals surface area contributed by atoms with Crippen molar-refractivity contribution >= 4 is 12.7 Å². The summed E-state index contributed by atoms with van der Waals surface area (Å²) < 4.78 is 0. The summed E-state index contributed by atoms with van der Waals surface area (Å²) >= 11 is 0. The maximum Gasteiger partial charge on any atom is 0.477 e. The van der Waals surface area contributed by atoms with Crippen LogP contribution in [0.15, 0.2) is 48.6 Å². The van der Waals surface area contributed by atoms with Crippen LogP contribution < -0.4 is 5.73 Å². The van der Waals surface area contributed by atoms with Gasteiger partial charge in [0.25, 0.3) is 0 Å². The zero-order valence-electron chi connectivity index (χ0n) is 8.88. The molecule has 0 saturated heterocycles. The van der Waals surface area contributed by atoms with Gasteiger partial charge in [-0.25, -0.2) is 0 Å². The first-order chi connectivity index (χ1) is 7.62. The van der Waals surface area contributed by atoms with E-state index in [9.17, 15) is 0 Å². The maximum absolute atomic E-state index is 9.14. The van der Waals surface area contributed by atoms with E-state index in [1.54, 1.807) is 6.08 Å². The summed E-state index contributed by atoms with van der Waals surface area (Å²) in [6, 6.07) is 9.91. The minimum absolute atomic E-state index is 0.422. The number of rotatable bonds is 2. The van der Waals surface area contributed by atoms with Crippen LogP contribution >= 0.6 is 0 Å². The van der Waals surface area contributed by atoms with Crippen LogP contribution in [0.5, 0.6) is 0 Å². The molecule has 2 rings (SSSR count). The predicted octanol–water partition coefficient (Wildman–Crippen LogP) is 0.739. The molecule has 0 amide bonds. The quantitative estimate of drug-likeness (QED) is 0.637. The summed E-state index contributed by atoms with van der Waals surface area (Å²) in [7, 11) is -1.53. The molecule has 3 nitrogen and oxygen atoms in total. The lowest BCUT2D eigenvalue weighted by Gasteiger charge is -2.26. The summed E-state index contributed by atoms with van der Waals surface area (Å²) in [6.07, 6.45) is 5.83. The molecule has 1 aromatic rings. The smallest absolute Gasteiger partial charge is 0.426 e. The van der Waals surface area contributed by atoms with Crippen molar-refractivity contribution in [2.24, 2.45) is 5.73 Å². The van der Waals surface area contributed by atoms with Gasteiger partial charge in [0, 0.05) is 0 Å². The number of benzene rings is 1. The molecule has 0 saturated carbocycles. The highest BCUT2D eigenvalue weighted by atomic mass is 16.4. The third-order valence-electron chi connectivity index (χ3n) is 2.84. The molecule has 0 bridgehead atoms. The van der Waals surface area contributed by atoms with Gasteiger partial charge in [0.15, 0.2) is 0 Å². The van der Waals surface area contributed by atoms with Gasteiger partial charge in [-0.2, -0.15) is 0 Å². The van der Waals surface area contributed by atoms with Crippen LogP contribution in [0.2, 0.25) is 0 Å². The molecular formula is C12H14BNO2. The summed E-state index contributed by atoms with van der Waals surface area (Å²) in [5.41, 5.74) is 6.92. The molecular weight excluding hydrogens is 201 g/mol. The first-order valence-electron chi connectivity index (χ1n) is 5.22. The average Bonchev–Trinajstić information content (AvgIpc) is 2.31. The zero-order valence-corrected chi connectivity index (χ0v) is 8.88. The third kappa shape index (κ3) is 2.09. The fourth-order valence-electron chi connectivity index (χ4n) is 1.70. The number of nitrogens with two attached hydrogens (primary N) is 1. The fraction of sp³-hybridized carbons (Fsp3) is 0.167. The molecule has 16 heavy (non-hydrogen) atoms. The number of allylic oxidation sites excluding steroid dienone is 2. The van der Waals surface area contributed by atoms with E-state index in [0.717, 1.165) is 11.1 Å². The fourth-order valence-corrected chi connectivity index (χ4v) is 1.70. The molecule has 1 aliphatic rings. The highest BCUT2D eigenvalue weighted by Crippen LogP contribution is 2.25. The molecule has 1 aliphatic carbocycles. The van der Waals surface area contributed by atoms with E-state index >= 15 is 0 Å². The summed E-state index contributed by atoms with van der Waals surface area (Å²) in [4.78, 5) is 0. The van der Waals surface area contributed by atoms with E-state index in [-0.39, 0.29) is 0 Å². The van der Waals surface area contributed by atoms with E-state index in [0.29, 0.717) is 6.42 Å². The Morgan fingerprint density at radius 2 is 1.88 bits per heavy atom. The largest absolute Gasteiger partial charge is 0.477 e. The second-order valence-corrected chi connectivity index (χ2v) is 4.05. The van der Waals surface area contributed by atoms with Crippen molar-refractivity contribution in [3.63, 3.8) is 0 Å². The normalized spacial score (nSPS) is 24.1. The number of hydrogen-bond donors (Lipinski definition) is 3. The Kier molecular flexibility index (Phi) is 2.96. The van der Waals surface area contributed by atoms with E-state index in [2.05, 4.69) is 0 Å². The Hall–Kier alpha value is -1.36. The van der Waals surface area contributed by atoms with Crippen molar-refractivity contribution in [1.82, 2.24) is 0 Å². The van der Waals surface area contributed by atoms with Crippen molar-refractivity contribution in [1.29, 1.82) is 0 Å². The van der Waals surface area contributed by atoms with Gasteiger partial charge in [-0.15, -0.1) is 0 Å². The zero-order chi connectivity index (χ0) is 11.6. The molecule has 1 aromatic carbocycles. The lowest BCUT2D eigenvalue weighted by atomic mass is 9.62. The van der Waals surface area contributed by atoms with Crippen molar-refractivity contribution in [2.75, 3.05) is 0 Å². The van der Waals surface area contributed by atoms with Crippen molar-refractivity contribution in [2.45, 2.75) is 11.9 Å². The lowest BCUT2D eigenvalue weighted by molar-refractivity contribution is 0.363. The Labute approximate surface area is 95.1 Å². The average molecular weight is 215 g/mol. The molecule has 1 atom stereocenters. The molecule has 0 spiro atoms. The predicted molar refractivity (Wildman–Crippen MR) is 65.3 cm³/mol. The maximum atomic E-state index is 9.14. The second-order valence-electron chi connectivity index (χ2n) is 4.05. The van der Waals surface area contributed by atoms with Crippen LogP contribution in [0.3, 0.4) is 0 Å². The second kappa shape index (κ2) is 4.25. The molecule has 0 radical (unpaired) electrons. The SMILES string of the molecule is NC1(B(O)O)C=CC(c2ccccc2)=CC1. The van der Waals surface area contributed by atoms with Crippen LogP contribution in [0.1, 0.15) is 12.0 Å². The van der Waals surface area contributed by atoms with Crippen molar-refractivity contribution in [3.8, 4) is 0 Å². The monoisotopic (exact) mass is 215 g/mol. The van der Waals surface area contributed by atoms with Gasteiger partial charge in [0.1, 0.15) is 0 Å². The van der Waals surface area contributed by atoms with Crippen LogP contribution in [0.25, 0.3) is 5.57 Å². The molecule has 1 unspecified atom stereocenters. The first-order valence-corrected chi connectivity index (χ1v) is 5.22. The van der Waals surface area contributed by atoms with E-state index < -0.39 is 12.6 Å². The van der Waals surface area contributed by atoms with Gasteiger partial charge < -0.3 is 15.8 Å². The molecule has 4 heteroatoms. The highest BCUT2D eigenvalue weighted by molar-refractivity contribution is 6.46. The topological polar surface area (TPSA) is 66.5 Å². The van der Waals surface area contributed by atoms with Gasteiger partial charge in [-0.05, 0) is 17.6 Å². The molecule has 0 heterocycles. The van der Waals surface area contributed by atoms with Gasteiger partial charge in [-0.1, -0.05) is 48.6 Å². The van der Waals surface area contributed by atoms with Gasteiger partial charge in [0.05, 0.1) is 5.44 Å². The number of hydrogen-bond acceptors (Lipinski definition) is 3. The van der Waals surface area contributed by atoms with Gasteiger partial charge in [-0.3, -0.25) is 0 Å². The standard InChI is InChI=1S/C12H14BNO2/c14-12(13(15)16)8-6-11(7-9-12)10-4-2-1-3-5-10/h1-8,15-16H,9,14H2. The Morgan fingerprint density at radius 1 is 1.19 bits per heavy atom. The lowest BCUT2D eigenvalue weighted by Crippen LogP contribution is -2.53. The van der Waals surface area contributed by atoms with E-state index in [1.165, 1.54) is 0 Å². The summed E-state index contributed by atoms with van der Waals surface area (Å²) in [5, 5.41) is 18.3. The van der Waals surface area contributed by atoms with Crippen molar-refractivity contribution in [3.05, 3.63) is 54.1 Å². The van der Waals surface area contributed by atoms with Crippen LogP contribution in [0.4, 0.5) is 0 Å².